The van der Waals surface area contributed by atoms with Gasteiger partial charge in [-0.3, -0.25) is 4.79 Å². The molecular weight excluding hydrogens is 368 g/mol. The Hall–Kier alpha value is -1.70. The second-order valence-corrected chi connectivity index (χ2v) is 9.88. The summed E-state index contributed by atoms with van der Waals surface area (Å²) in [6.07, 6.45) is 3.84. The summed E-state index contributed by atoms with van der Waals surface area (Å²) >= 11 is 1.19. The van der Waals surface area contributed by atoms with Gasteiger partial charge in [-0.15, -0.1) is 11.3 Å². The van der Waals surface area contributed by atoms with E-state index in [0.29, 0.717) is 24.5 Å². The average Bonchev–Trinajstić information content (AvgIpc) is 3.07. The molecule has 0 unspecified atom stereocenters. The minimum absolute atomic E-state index is 0.00215. The quantitative estimate of drug-likeness (QED) is 0.825. The molecule has 2 heterocycles. The zero-order valence-corrected chi connectivity index (χ0v) is 16.1. The van der Waals surface area contributed by atoms with Gasteiger partial charge in [0.05, 0.1) is 0 Å². The first-order chi connectivity index (χ1) is 12.5. The summed E-state index contributed by atoms with van der Waals surface area (Å²) in [5.41, 5.74) is 1.23. The lowest BCUT2D eigenvalue weighted by atomic mass is 9.96. The highest BCUT2D eigenvalue weighted by Crippen LogP contribution is 2.47. The Morgan fingerprint density at radius 3 is 2.46 bits per heavy atom. The number of hydrogen-bond donors (Lipinski definition) is 1. The number of amides is 1. The zero-order valence-electron chi connectivity index (χ0n) is 14.5. The molecular formula is C19H22N2O3S2. The number of thiophene rings is 1. The zero-order chi connectivity index (χ0) is 18.2. The van der Waals surface area contributed by atoms with Crippen LogP contribution in [-0.4, -0.2) is 38.3 Å². The van der Waals surface area contributed by atoms with E-state index in [1.807, 2.05) is 18.2 Å². The van der Waals surface area contributed by atoms with E-state index in [4.69, 9.17) is 0 Å². The van der Waals surface area contributed by atoms with Gasteiger partial charge in [0, 0.05) is 25.0 Å². The van der Waals surface area contributed by atoms with Crippen molar-refractivity contribution in [3.63, 3.8) is 0 Å². The molecule has 1 aromatic carbocycles. The molecule has 5 nitrogen and oxygen atoms in total. The maximum atomic E-state index is 12.8. The van der Waals surface area contributed by atoms with Crippen LogP contribution < -0.4 is 5.32 Å². The van der Waals surface area contributed by atoms with Crippen molar-refractivity contribution in [1.29, 1.82) is 0 Å². The Morgan fingerprint density at radius 1 is 1.12 bits per heavy atom. The largest absolute Gasteiger partial charge is 0.350 e. The molecule has 0 atom stereocenters. The van der Waals surface area contributed by atoms with Crippen LogP contribution in [0, 0.1) is 0 Å². The van der Waals surface area contributed by atoms with Crippen molar-refractivity contribution < 1.29 is 13.2 Å². The third-order valence-corrected chi connectivity index (χ3v) is 8.33. The van der Waals surface area contributed by atoms with E-state index >= 15 is 0 Å². The maximum absolute atomic E-state index is 12.8. The fourth-order valence-corrected chi connectivity index (χ4v) is 6.41. The Balaban J connectivity index is 1.49. The van der Waals surface area contributed by atoms with Crippen LogP contribution in [-0.2, 0) is 15.4 Å². The van der Waals surface area contributed by atoms with Gasteiger partial charge in [0.25, 0.3) is 5.91 Å². The molecule has 1 aliphatic carbocycles. The van der Waals surface area contributed by atoms with E-state index in [2.05, 4.69) is 17.4 Å². The summed E-state index contributed by atoms with van der Waals surface area (Å²) in [6, 6.07) is 11.7. The van der Waals surface area contributed by atoms with Gasteiger partial charge in [-0.25, -0.2) is 8.42 Å². The van der Waals surface area contributed by atoms with Crippen LogP contribution in [0.2, 0.25) is 0 Å². The second-order valence-electron chi connectivity index (χ2n) is 7.05. The second kappa shape index (κ2) is 6.79. The van der Waals surface area contributed by atoms with Gasteiger partial charge < -0.3 is 5.32 Å². The van der Waals surface area contributed by atoms with Gasteiger partial charge in [-0.1, -0.05) is 30.3 Å². The van der Waals surface area contributed by atoms with E-state index in [1.165, 1.54) is 21.2 Å². The molecule has 0 radical (unpaired) electrons. The first-order valence-electron chi connectivity index (χ1n) is 8.94. The number of carbonyl (C=O) groups is 1. The topological polar surface area (TPSA) is 66.5 Å². The summed E-state index contributed by atoms with van der Waals surface area (Å²) in [4.78, 5) is 13.1. The molecule has 1 saturated heterocycles. The predicted octanol–water partition coefficient (Wildman–Crippen LogP) is 2.99. The Bertz CT molecular complexity index is 896. The molecule has 0 bridgehead atoms. The van der Waals surface area contributed by atoms with Gasteiger partial charge in [-0.2, -0.15) is 4.31 Å². The van der Waals surface area contributed by atoms with Crippen molar-refractivity contribution in [2.24, 2.45) is 0 Å². The van der Waals surface area contributed by atoms with Crippen LogP contribution in [0.25, 0.3) is 0 Å². The number of carbonyl (C=O) groups excluding carboxylic acids is 1. The molecule has 1 saturated carbocycles. The lowest BCUT2D eigenvalue weighted by Crippen LogP contribution is -2.34. The fraction of sp³-hybridized carbons (Fsp3) is 0.421. The van der Waals surface area contributed by atoms with Crippen molar-refractivity contribution >= 4 is 27.3 Å². The molecule has 0 spiro atoms. The summed E-state index contributed by atoms with van der Waals surface area (Å²) in [7, 11) is -3.58. The number of sulfonamides is 1. The predicted molar refractivity (Wildman–Crippen MR) is 102 cm³/mol. The smallest absolute Gasteiger partial charge is 0.262 e. The van der Waals surface area contributed by atoms with Crippen molar-refractivity contribution in [1.82, 2.24) is 9.62 Å². The van der Waals surface area contributed by atoms with E-state index in [-0.39, 0.29) is 16.2 Å². The van der Waals surface area contributed by atoms with Crippen molar-refractivity contribution in [3.05, 3.63) is 52.2 Å². The third kappa shape index (κ3) is 3.19. The average molecular weight is 391 g/mol. The molecule has 2 fully saturated rings. The number of rotatable bonds is 6. The highest BCUT2D eigenvalue weighted by Gasteiger charge is 2.44. The minimum Gasteiger partial charge on any atom is -0.350 e. The van der Waals surface area contributed by atoms with E-state index in [1.54, 1.807) is 11.4 Å². The number of nitrogens with one attached hydrogen (secondary N) is 1. The van der Waals surface area contributed by atoms with Crippen LogP contribution in [0.4, 0.5) is 0 Å². The molecule has 1 aliphatic heterocycles. The molecule has 4 rings (SSSR count). The Morgan fingerprint density at radius 2 is 1.81 bits per heavy atom. The highest BCUT2D eigenvalue weighted by molar-refractivity contribution is 7.89. The molecule has 2 aromatic rings. The number of nitrogens with zero attached hydrogens (tertiary/aromatic N) is 1. The van der Waals surface area contributed by atoms with E-state index in [9.17, 15) is 13.2 Å². The minimum atomic E-state index is -3.58. The van der Waals surface area contributed by atoms with Crippen molar-refractivity contribution in [2.45, 2.75) is 36.0 Å². The van der Waals surface area contributed by atoms with E-state index in [0.717, 1.165) is 25.7 Å². The Labute approximate surface area is 158 Å². The van der Waals surface area contributed by atoms with Crippen LogP contribution in [0.15, 0.2) is 46.7 Å². The third-order valence-electron chi connectivity index (χ3n) is 5.35. The van der Waals surface area contributed by atoms with Gasteiger partial charge in [0.15, 0.2) is 0 Å². The maximum Gasteiger partial charge on any atom is 0.262 e. The summed E-state index contributed by atoms with van der Waals surface area (Å²) in [5.74, 6) is -0.292. The van der Waals surface area contributed by atoms with Gasteiger partial charge in [0.2, 0.25) is 10.0 Å². The van der Waals surface area contributed by atoms with Crippen LogP contribution >= 0.6 is 11.3 Å². The molecule has 1 amide bonds. The molecule has 138 valence electrons. The summed E-state index contributed by atoms with van der Waals surface area (Å²) in [5, 5.41) is 4.66. The fourth-order valence-electron chi connectivity index (χ4n) is 3.57. The van der Waals surface area contributed by atoms with Crippen molar-refractivity contribution in [2.75, 3.05) is 19.6 Å². The number of hydrogen-bond acceptors (Lipinski definition) is 4. The number of benzene rings is 1. The standard InChI is InChI=1S/C19H22N2O3S2/c22-18(20-14-19(9-10-19)15-6-2-1-3-7-15)17-16(8-13-25-17)26(23,24)21-11-4-5-12-21/h1-3,6-8,13H,4-5,9-12,14H2,(H,20,22). The monoisotopic (exact) mass is 390 g/mol. The SMILES string of the molecule is O=C(NCC1(c2ccccc2)CC1)c1sccc1S(=O)(=O)N1CCCC1. The highest BCUT2D eigenvalue weighted by atomic mass is 32.2. The molecule has 26 heavy (non-hydrogen) atoms. The van der Waals surface area contributed by atoms with Crippen LogP contribution in [0.5, 0.6) is 0 Å². The molecule has 2 aliphatic rings. The van der Waals surface area contributed by atoms with Crippen LogP contribution in [0.3, 0.4) is 0 Å². The van der Waals surface area contributed by atoms with Gasteiger partial charge in [-0.05, 0) is 42.7 Å². The molecule has 7 heteroatoms. The van der Waals surface area contributed by atoms with Gasteiger partial charge in [0.1, 0.15) is 9.77 Å². The van der Waals surface area contributed by atoms with Gasteiger partial charge >= 0.3 is 0 Å². The van der Waals surface area contributed by atoms with Crippen LogP contribution in [0.1, 0.15) is 40.9 Å². The first kappa shape index (κ1) is 17.7. The first-order valence-corrected chi connectivity index (χ1v) is 11.3. The lowest BCUT2D eigenvalue weighted by molar-refractivity contribution is 0.0950. The molecule has 1 N–H and O–H groups in total. The lowest BCUT2D eigenvalue weighted by Gasteiger charge is -2.18. The molecule has 1 aromatic heterocycles. The van der Waals surface area contributed by atoms with E-state index < -0.39 is 10.0 Å². The Kier molecular flexibility index (Phi) is 4.62. The normalized spacial score (nSPS) is 19.4. The summed E-state index contributed by atoms with van der Waals surface area (Å²) < 4.78 is 27.1. The van der Waals surface area contributed by atoms with Crippen molar-refractivity contribution in [3.8, 4) is 0 Å². The summed E-state index contributed by atoms with van der Waals surface area (Å²) in [6.45, 7) is 1.61.